The number of aryl methyl sites for hydroxylation is 1. The largest absolute Gasteiger partial charge is 1.00 e. The molecule has 14 heteroatoms. The van der Waals surface area contributed by atoms with Crippen molar-refractivity contribution in [3.8, 4) is 0 Å². The van der Waals surface area contributed by atoms with Crippen LogP contribution >= 0.6 is 0 Å². The third-order valence-electron chi connectivity index (χ3n) is 3.43. The van der Waals surface area contributed by atoms with Gasteiger partial charge in [-0.15, -0.1) is 20.4 Å². The van der Waals surface area contributed by atoms with Crippen molar-refractivity contribution >= 4 is 33.4 Å². The Morgan fingerprint density at radius 3 is 2.70 bits per heavy atom. The molecule has 0 atom stereocenters. The molecule has 0 aliphatic carbocycles. The summed E-state index contributed by atoms with van der Waals surface area (Å²) in [6, 6.07) is 4.24. The lowest BCUT2D eigenvalue weighted by molar-refractivity contribution is -0.384. The van der Waals surface area contributed by atoms with Crippen molar-refractivity contribution in [3.63, 3.8) is 0 Å². The van der Waals surface area contributed by atoms with Crippen molar-refractivity contribution in [2.75, 3.05) is 24.6 Å². The van der Waals surface area contributed by atoms with Gasteiger partial charge in [-0.1, -0.05) is 0 Å². The molecular formula is C13H17N7O6S. The number of likely N-dealkylation sites (N-methyl/N-ethyl adjacent to an activating group) is 1. The van der Waals surface area contributed by atoms with Crippen molar-refractivity contribution in [3.05, 3.63) is 34.6 Å². The predicted octanol–water partition coefficient (Wildman–Crippen LogP) is 1.55. The molecule has 0 saturated heterocycles. The number of anilines is 1. The summed E-state index contributed by atoms with van der Waals surface area (Å²) in [5.74, 6) is 0.180. The van der Waals surface area contributed by atoms with Crippen LogP contribution in [0.4, 0.5) is 23.0 Å². The second-order valence-electron chi connectivity index (χ2n) is 5.18. The monoisotopic (exact) mass is 399 g/mol. The second-order valence-corrected chi connectivity index (χ2v) is 6.23. The Kier molecular flexibility index (Phi) is 6.49. The van der Waals surface area contributed by atoms with E-state index in [2.05, 4.69) is 24.6 Å². The van der Waals surface area contributed by atoms with E-state index in [9.17, 15) is 23.1 Å². The fourth-order valence-corrected chi connectivity index (χ4v) is 2.40. The van der Waals surface area contributed by atoms with Crippen molar-refractivity contribution < 1.29 is 23.5 Å². The fraction of sp³-hybridized carbons (Fsp3) is 0.385. The van der Waals surface area contributed by atoms with Crippen LogP contribution in [0.2, 0.25) is 0 Å². The first kappa shape index (κ1) is 20.3. The molecule has 1 aromatic carbocycles. The van der Waals surface area contributed by atoms with Gasteiger partial charge in [-0.05, 0) is 19.1 Å². The van der Waals surface area contributed by atoms with Gasteiger partial charge in [0, 0.05) is 31.9 Å². The molecular weight excluding hydrogens is 382 g/mol. The standard InChI is InChI=1S/C13H17N7O6S/c1-3-19(6-7-26-27(23,24)25)10-4-5-11(12(8-10)20(21)22)15-17-13-16-14-9-18(13)2/h4-5,8-9H,3,6-7H2,1-2H3,(H,23,24,25). The van der Waals surface area contributed by atoms with Gasteiger partial charge in [0.25, 0.3) is 11.6 Å². The zero-order chi connectivity index (χ0) is 20.0. The van der Waals surface area contributed by atoms with E-state index >= 15 is 0 Å². The highest BCUT2D eigenvalue weighted by Gasteiger charge is 2.17. The first-order valence-electron chi connectivity index (χ1n) is 7.60. The Labute approximate surface area is 155 Å². The highest BCUT2D eigenvalue weighted by molar-refractivity contribution is 7.80. The van der Waals surface area contributed by atoms with Crippen LogP contribution in [-0.4, -0.2) is 52.4 Å². The van der Waals surface area contributed by atoms with E-state index in [1.165, 1.54) is 23.0 Å². The van der Waals surface area contributed by atoms with Gasteiger partial charge in [-0.2, -0.15) is 0 Å². The quantitative estimate of drug-likeness (QED) is 0.200. The van der Waals surface area contributed by atoms with Crippen LogP contribution in [0.3, 0.4) is 0 Å². The first-order valence-corrected chi connectivity index (χ1v) is 8.94. The molecule has 0 radical (unpaired) electrons. The number of hydrogen-bond acceptors (Lipinski definition) is 11. The molecule has 0 aliphatic heterocycles. The lowest BCUT2D eigenvalue weighted by Crippen LogP contribution is -2.28. The number of azo groups is 1. The van der Waals surface area contributed by atoms with Crippen molar-refractivity contribution in [1.82, 2.24) is 14.8 Å². The Bertz CT molecular complexity index is 949. The third kappa shape index (κ3) is 5.77. The molecule has 0 fully saturated rings. The maximum absolute atomic E-state index is 11.4. The van der Waals surface area contributed by atoms with Crippen molar-refractivity contribution in [2.45, 2.75) is 6.92 Å². The van der Waals surface area contributed by atoms with Gasteiger partial charge >= 0.3 is 1.43 Å². The number of rotatable bonds is 9. The van der Waals surface area contributed by atoms with E-state index in [-0.39, 0.29) is 31.9 Å². The SMILES string of the molecule is CCN(CCOS(=O)(=O)[O-])c1ccc(N=Nc2nncn2C)c([N+](=O)[O-])c1.[H+]. The van der Waals surface area contributed by atoms with Crippen molar-refractivity contribution in [1.29, 1.82) is 0 Å². The molecule has 27 heavy (non-hydrogen) atoms. The minimum atomic E-state index is -4.80. The minimum Gasteiger partial charge on any atom is -0.726 e. The molecule has 146 valence electrons. The lowest BCUT2D eigenvalue weighted by Gasteiger charge is -2.23. The van der Waals surface area contributed by atoms with Crippen LogP contribution in [0.15, 0.2) is 34.8 Å². The number of hydrogen-bond donors (Lipinski definition) is 0. The summed E-state index contributed by atoms with van der Waals surface area (Å²) < 4.78 is 37.2. The topological polar surface area (TPSA) is 168 Å². The first-order chi connectivity index (χ1) is 12.7. The van der Waals surface area contributed by atoms with Gasteiger partial charge in [0.05, 0.1) is 11.5 Å². The van der Waals surface area contributed by atoms with E-state index in [1.807, 2.05) is 0 Å². The average molecular weight is 399 g/mol. The molecule has 0 spiro atoms. The van der Waals surface area contributed by atoms with Gasteiger partial charge in [-0.25, -0.2) is 8.42 Å². The van der Waals surface area contributed by atoms with Crippen LogP contribution in [-0.2, 0) is 21.6 Å². The second kappa shape index (κ2) is 8.61. The molecule has 0 bridgehead atoms. The highest BCUT2D eigenvalue weighted by Crippen LogP contribution is 2.32. The highest BCUT2D eigenvalue weighted by atomic mass is 32.3. The molecule has 2 rings (SSSR count). The summed E-state index contributed by atoms with van der Waals surface area (Å²) in [5, 5.41) is 26.4. The predicted molar refractivity (Wildman–Crippen MR) is 92.9 cm³/mol. The van der Waals surface area contributed by atoms with E-state index in [1.54, 1.807) is 24.9 Å². The maximum Gasteiger partial charge on any atom is 1.00 e. The van der Waals surface area contributed by atoms with Crippen molar-refractivity contribution in [2.24, 2.45) is 17.3 Å². The molecule has 1 heterocycles. The van der Waals surface area contributed by atoms with Gasteiger partial charge in [-0.3, -0.25) is 14.3 Å². The summed E-state index contributed by atoms with van der Waals surface area (Å²) >= 11 is 0. The van der Waals surface area contributed by atoms with E-state index in [0.717, 1.165) is 0 Å². The lowest BCUT2D eigenvalue weighted by atomic mass is 10.2. The van der Waals surface area contributed by atoms with Gasteiger partial charge in [0.2, 0.25) is 10.4 Å². The number of nitro groups is 1. The van der Waals surface area contributed by atoms with E-state index in [4.69, 9.17) is 0 Å². The van der Waals surface area contributed by atoms with Gasteiger partial charge < -0.3 is 14.0 Å². The molecule has 0 saturated carbocycles. The molecule has 2 aromatic rings. The number of aromatic nitrogens is 3. The normalized spacial score (nSPS) is 11.8. The van der Waals surface area contributed by atoms with Gasteiger partial charge in [0.1, 0.15) is 6.33 Å². The number of nitrogens with zero attached hydrogens (tertiary/aromatic N) is 7. The van der Waals surface area contributed by atoms with Crippen LogP contribution in [0, 0.1) is 10.1 Å². The van der Waals surface area contributed by atoms with Gasteiger partial charge in [0.15, 0.2) is 5.69 Å². The third-order valence-corrected chi connectivity index (χ3v) is 3.88. The molecule has 0 aliphatic rings. The average Bonchev–Trinajstić information content (AvgIpc) is 3.01. The Morgan fingerprint density at radius 1 is 1.41 bits per heavy atom. The molecule has 13 nitrogen and oxygen atoms in total. The van der Waals surface area contributed by atoms with Crippen LogP contribution in [0.25, 0.3) is 0 Å². The maximum atomic E-state index is 11.4. The zero-order valence-corrected chi connectivity index (χ0v) is 15.2. The van der Waals surface area contributed by atoms with Crippen LogP contribution in [0.1, 0.15) is 8.35 Å². The van der Waals surface area contributed by atoms with Crippen LogP contribution in [0.5, 0.6) is 0 Å². The molecule has 0 N–H and O–H groups in total. The van der Waals surface area contributed by atoms with Crippen LogP contribution < -0.4 is 4.90 Å². The summed E-state index contributed by atoms with van der Waals surface area (Å²) in [5.41, 5.74) is 0.157. The van der Waals surface area contributed by atoms with E-state index in [0.29, 0.717) is 12.2 Å². The fourth-order valence-electron chi connectivity index (χ4n) is 2.12. The summed E-state index contributed by atoms with van der Waals surface area (Å²) in [4.78, 5) is 12.4. The summed E-state index contributed by atoms with van der Waals surface area (Å²) in [6.07, 6.45) is 1.41. The number of benzene rings is 1. The summed E-state index contributed by atoms with van der Waals surface area (Å²) in [6.45, 7) is 1.84. The Morgan fingerprint density at radius 2 is 2.15 bits per heavy atom. The smallest absolute Gasteiger partial charge is 0.726 e. The Balaban J connectivity index is 0.00000392. The minimum absolute atomic E-state index is 0. The Hall–Kier alpha value is -2.97. The molecule has 0 unspecified atom stereocenters. The zero-order valence-electron chi connectivity index (χ0n) is 15.4. The molecule has 0 amide bonds. The van der Waals surface area contributed by atoms with E-state index < -0.39 is 15.3 Å². The number of nitro benzene ring substituents is 1. The molecule has 1 aromatic heterocycles. The summed E-state index contributed by atoms with van der Waals surface area (Å²) in [7, 11) is -3.15.